The van der Waals surface area contributed by atoms with E-state index in [4.69, 9.17) is 0 Å². The van der Waals surface area contributed by atoms with Crippen molar-refractivity contribution in [3.63, 3.8) is 0 Å². The van der Waals surface area contributed by atoms with Gasteiger partial charge in [-0.05, 0) is 38.1 Å². The molecule has 0 saturated carbocycles. The maximum Gasteiger partial charge on any atom is 0.178 e. The molecule has 1 N–H and O–H groups in total. The molecular weight excluding hydrogens is 162 g/mol. The zero-order valence-corrected chi connectivity index (χ0v) is 7.72. The van der Waals surface area contributed by atoms with Crippen LogP contribution in [0.25, 0.3) is 10.8 Å². The van der Waals surface area contributed by atoms with Crippen LogP contribution in [0.5, 0.6) is 0 Å². The molecule has 0 bridgehead atoms. The standard InChI is InChI=1S/C11H11NO/c1-7-10-5-3-9(13)4-6-11(10)8(2)12-7/h3-6,12H,1-2H3. The van der Waals surface area contributed by atoms with Gasteiger partial charge in [0, 0.05) is 22.2 Å². The van der Waals surface area contributed by atoms with Gasteiger partial charge in [-0.3, -0.25) is 4.79 Å². The number of aromatic nitrogens is 1. The van der Waals surface area contributed by atoms with Crippen LogP contribution >= 0.6 is 0 Å². The van der Waals surface area contributed by atoms with E-state index in [1.807, 2.05) is 26.0 Å². The molecule has 66 valence electrons. The molecule has 2 aromatic rings. The molecule has 0 aliphatic heterocycles. The van der Waals surface area contributed by atoms with Crippen LogP contribution in [-0.4, -0.2) is 4.98 Å². The first-order chi connectivity index (χ1) is 6.18. The molecule has 0 fully saturated rings. The predicted octanol–water partition coefficient (Wildman–Crippen LogP) is 2.14. The maximum absolute atomic E-state index is 11.1. The molecule has 2 nitrogen and oxygen atoms in total. The maximum atomic E-state index is 11.1. The third-order valence-electron chi connectivity index (χ3n) is 2.30. The predicted molar refractivity (Wildman–Crippen MR) is 54.0 cm³/mol. The summed E-state index contributed by atoms with van der Waals surface area (Å²) in [7, 11) is 0. The van der Waals surface area contributed by atoms with Crippen molar-refractivity contribution >= 4 is 10.8 Å². The quantitative estimate of drug-likeness (QED) is 0.650. The number of aryl methyl sites for hydroxylation is 2. The van der Waals surface area contributed by atoms with E-state index in [2.05, 4.69) is 4.98 Å². The Kier molecular flexibility index (Phi) is 1.69. The SMILES string of the molecule is Cc1[nH]c(C)c2ccc(=O)ccc12. The van der Waals surface area contributed by atoms with Crippen molar-refractivity contribution in [3.8, 4) is 0 Å². The Morgan fingerprint density at radius 2 is 1.38 bits per heavy atom. The van der Waals surface area contributed by atoms with Gasteiger partial charge in [0.1, 0.15) is 0 Å². The van der Waals surface area contributed by atoms with Gasteiger partial charge >= 0.3 is 0 Å². The van der Waals surface area contributed by atoms with Gasteiger partial charge in [0.05, 0.1) is 0 Å². The highest BCUT2D eigenvalue weighted by molar-refractivity contribution is 5.87. The van der Waals surface area contributed by atoms with Crippen LogP contribution < -0.4 is 5.43 Å². The third-order valence-corrected chi connectivity index (χ3v) is 2.30. The van der Waals surface area contributed by atoms with E-state index in [0.29, 0.717) is 0 Å². The molecule has 1 aromatic heterocycles. The smallest absolute Gasteiger partial charge is 0.178 e. The van der Waals surface area contributed by atoms with Crippen LogP contribution in [0.3, 0.4) is 0 Å². The lowest BCUT2D eigenvalue weighted by Crippen LogP contribution is -1.87. The normalized spacial score (nSPS) is 10.6. The minimum atomic E-state index is 0.0509. The first-order valence-corrected chi connectivity index (χ1v) is 4.28. The zero-order chi connectivity index (χ0) is 9.42. The third kappa shape index (κ3) is 1.24. The highest BCUT2D eigenvalue weighted by Crippen LogP contribution is 2.18. The van der Waals surface area contributed by atoms with Crippen LogP contribution in [0.1, 0.15) is 11.4 Å². The summed E-state index contributed by atoms with van der Waals surface area (Å²) in [4.78, 5) is 14.3. The molecule has 0 spiro atoms. The zero-order valence-electron chi connectivity index (χ0n) is 7.72. The number of hydrogen-bond donors (Lipinski definition) is 1. The van der Waals surface area contributed by atoms with Gasteiger partial charge in [-0.25, -0.2) is 0 Å². The Bertz CT molecular complexity index is 468. The van der Waals surface area contributed by atoms with Gasteiger partial charge in [-0.1, -0.05) is 0 Å². The summed E-state index contributed by atoms with van der Waals surface area (Å²) in [5.41, 5.74) is 2.28. The lowest BCUT2D eigenvalue weighted by atomic mass is 10.2. The molecular formula is C11H11NO. The first kappa shape index (κ1) is 8.05. The van der Waals surface area contributed by atoms with Crippen molar-refractivity contribution in [3.05, 3.63) is 45.9 Å². The van der Waals surface area contributed by atoms with Crippen molar-refractivity contribution in [1.82, 2.24) is 4.98 Å². The summed E-state index contributed by atoms with van der Waals surface area (Å²) in [6, 6.07) is 6.94. The first-order valence-electron chi connectivity index (χ1n) is 4.28. The average molecular weight is 173 g/mol. The van der Waals surface area contributed by atoms with E-state index in [0.717, 1.165) is 22.2 Å². The molecule has 1 aromatic carbocycles. The fourth-order valence-electron chi connectivity index (χ4n) is 1.64. The van der Waals surface area contributed by atoms with E-state index in [9.17, 15) is 4.79 Å². The Morgan fingerprint density at radius 3 is 1.85 bits per heavy atom. The largest absolute Gasteiger partial charge is 0.362 e. The van der Waals surface area contributed by atoms with Crippen LogP contribution in [-0.2, 0) is 0 Å². The summed E-state index contributed by atoms with van der Waals surface area (Å²) in [5.74, 6) is 0. The van der Waals surface area contributed by atoms with Gasteiger partial charge in [0.25, 0.3) is 0 Å². The van der Waals surface area contributed by atoms with Gasteiger partial charge in [-0.2, -0.15) is 0 Å². The molecule has 0 aliphatic carbocycles. The van der Waals surface area contributed by atoms with Crippen molar-refractivity contribution in [2.45, 2.75) is 13.8 Å². The van der Waals surface area contributed by atoms with Crippen LogP contribution in [0.2, 0.25) is 0 Å². The molecule has 0 atom stereocenters. The second kappa shape index (κ2) is 2.73. The van der Waals surface area contributed by atoms with Crippen molar-refractivity contribution in [1.29, 1.82) is 0 Å². The van der Waals surface area contributed by atoms with Crippen LogP contribution in [0.4, 0.5) is 0 Å². The fraction of sp³-hybridized carbons (Fsp3) is 0.182. The summed E-state index contributed by atoms with van der Waals surface area (Å²) in [5, 5.41) is 2.25. The van der Waals surface area contributed by atoms with E-state index in [1.54, 1.807) is 12.1 Å². The van der Waals surface area contributed by atoms with Gasteiger partial charge in [0.2, 0.25) is 0 Å². The van der Waals surface area contributed by atoms with Crippen molar-refractivity contribution in [2.75, 3.05) is 0 Å². The number of fused-ring (bicyclic) bond motifs is 1. The van der Waals surface area contributed by atoms with Crippen LogP contribution in [0, 0.1) is 13.8 Å². The van der Waals surface area contributed by atoms with E-state index in [1.165, 1.54) is 0 Å². The van der Waals surface area contributed by atoms with E-state index < -0.39 is 0 Å². The second-order valence-corrected chi connectivity index (χ2v) is 3.27. The number of rotatable bonds is 0. The van der Waals surface area contributed by atoms with Crippen molar-refractivity contribution in [2.24, 2.45) is 0 Å². The van der Waals surface area contributed by atoms with E-state index >= 15 is 0 Å². The number of hydrogen-bond acceptors (Lipinski definition) is 1. The van der Waals surface area contributed by atoms with Crippen LogP contribution in [0.15, 0.2) is 29.1 Å². The Balaban J connectivity index is 3.00. The highest BCUT2D eigenvalue weighted by Gasteiger charge is 2.00. The lowest BCUT2D eigenvalue weighted by Gasteiger charge is -1.81. The summed E-state index contributed by atoms with van der Waals surface area (Å²) in [6.07, 6.45) is 0. The highest BCUT2D eigenvalue weighted by atomic mass is 16.1. The monoisotopic (exact) mass is 173 g/mol. The second-order valence-electron chi connectivity index (χ2n) is 3.27. The number of H-pyrrole nitrogens is 1. The topological polar surface area (TPSA) is 32.9 Å². The summed E-state index contributed by atoms with van der Waals surface area (Å²) in [6.45, 7) is 4.03. The van der Waals surface area contributed by atoms with E-state index in [-0.39, 0.29) is 5.43 Å². The van der Waals surface area contributed by atoms with Crippen molar-refractivity contribution < 1.29 is 0 Å². The molecule has 0 saturated heterocycles. The Labute approximate surface area is 76.2 Å². The Hall–Kier alpha value is -1.57. The summed E-state index contributed by atoms with van der Waals surface area (Å²) >= 11 is 0. The molecule has 2 rings (SSSR count). The van der Waals surface area contributed by atoms with Gasteiger partial charge < -0.3 is 4.98 Å². The lowest BCUT2D eigenvalue weighted by molar-refractivity contribution is 1.20. The minimum absolute atomic E-state index is 0.0509. The molecule has 1 heterocycles. The minimum Gasteiger partial charge on any atom is -0.362 e. The average Bonchev–Trinajstić information content (AvgIpc) is 2.27. The number of nitrogens with one attached hydrogen (secondary N) is 1. The molecule has 0 radical (unpaired) electrons. The molecule has 13 heavy (non-hydrogen) atoms. The molecule has 0 unspecified atom stereocenters. The summed E-state index contributed by atoms with van der Waals surface area (Å²) < 4.78 is 0. The Morgan fingerprint density at radius 1 is 0.923 bits per heavy atom. The van der Waals surface area contributed by atoms with Gasteiger partial charge in [-0.15, -0.1) is 0 Å². The molecule has 2 heteroatoms. The molecule has 0 amide bonds. The molecule has 0 aliphatic rings. The number of aromatic amines is 1. The van der Waals surface area contributed by atoms with Gasteiger partial charge in [0.15, 0.2) is 5.43 Å². The fourth-order valence-corrected chi connectivity index (χ4v) is 1.64.